The number of nitrogens with one attached hydrogen (secondary N) is 1. The van der Waals surface area contributed by atoms with Gasteiger partial charge in [0, 0.05) is 18.8 Å². The number of nitrogens with two attached hydrogens (primary N) is 1. The first kappa shape index (κ1) is 8.33. The van der Waals surface area contributed by atoms with E-state index in [0.717, 1.165) is 16.7 Å². The number of nitrogen functional groups attached to an aromatic ring is 1. The van der Waals surface area contributed by atoms with E-state index in [-0.39, 0.29) is 0 Å². The molecule has 0 radical (unpaired) electrons. The Morgan fingerprint density at radius 1 is 1.73 bits per heavy atom. The van der Waals surface area contributed by atoms with Gasteiger partial charge in [0.1, 0.15) is 5.82 Å². The first-order chi connectivity index (χ1) is 5.24. The van der Waals surface area contributed by atoms with Crippen molar-refractivity contribution in [2.75, 3.05) is 17.6 Å². The van der Waals surface area contributed by atoms with Crippen LogP contribution in [-0.2, 0) is 0 Å². The second-order valence-electron chi connectivity index (χ2n) is 2.12. The molecule has 11 heavy (non-hydrogen) atoms. The predicted molar refractivity (Wildman–Crippen MR) is 50.5 cm³/mol. The average molecular weight is 216 g/mol. The maximum atomic E-state index is 5.49. The molecule has 0 aliphatic rings. The third-order valence-electron chi connectivity index (χ3n) is 1.24. The fraction of sp³-hybridized carbons (Fsp3) is 0.286. The third kappa shape index (κ3) is 2.08. The van der Waals surface area contributed by atoms with E-state index >= 15 is 0 Å². The van der Waals surface area contributed by atoms with E-state index in [2.05, 4.69) is 26.2 Å². The summed E-state index contributed by atoms with van der Waals surface area (Å²) in [6.07, 6.45) is 1.69. The molecular formula is C7H10BrN3. The highest BCUT2D eigenvalue weighted by Gasteiger charge is 1.97. The smallest absolute Gasteiger partial charge is 0.125 e. The Balaban J connectivity index is 2.93. The molecular weight excluding hydrogens is 206 g/mol. The maximum Gasteiger partial charge on any atom is 0.125 e. The van der Waals surface area contributed by atoms with E-state index in [4.69, 9.17) is 5.73 Å². The lowest BCUT2D eigenvalue weighted by Crippen LogP contribution is -1.99. The number of aromatic nitrogens is 1. The van der Waals surface area contributed by atoms with Crippen LogP contribution in [0, 0.1) is 0 Å². The van der Waals surface area contributed by atoms with Crippen molar-refractivity contribution in [3.63, 3.8) is 0 Å². The molecule has 1 aromatic heterocycles. The molecule has 3 N–H and O–H groups in total. The molecule has 0 aromatic carbocycles. The van der Waals surface area contributed by atoms with E-state index in [1.807, 2.05) is 6.92 Å². The molecule has 0 saturated carbocycles. The van der Waals surface area contributed by atoms with Crippen molar-refractivity contribution in [3.05, 3.63) is 16.7 Å². The van der Waals surface area contributed by atoms with Gasteiger partial charge in [-0.2, -0.15) is 0 Å². The number of hydrogen-bond acceptors (Lipinski definition) is 3. The van der Waals surface area contributed by atoms with Crippen molar-refractivity contribution in [2.45, 2.75) is 6.92 Å². The maximum absolute atomic E-state index is 5.49. The van der Waals surface area contributed by atoms with E-state index < -0.39 is 0 Å². The van der Waals surface area contributed by atoms with Crippen molar-refractivity contribution in [2.24, 2.45) is 0 Å². The largest absolute Gasteiger partial charge is 0.384 e. The number of pyridine rings is 1. The minimum Gasteiger partial charge on any atom is -0.384 e. The molecule has 1 heterocycles. The molecule has 0 fully saturated rings. The van der Waals surface area contributed by atoms with Gasteiger partial charge in [-0.25, -0.2) is 4.98 Å². The SMILES string of the molecule is CCNc1cc(N)ncc1Br. The number of hydrogen-bond donors (Lipinski definition) is 2. The quantitative estimate of drug-likeness (QED) is 0.793. The summed E-state index contributed by atoms with van der Waals surface area (Å²) < 4.78 is 0.938. The minimum absolute atomic E-state index is 0.532. The summed E-state index contributed by atoms with van der Waals surface area (Å²) in [6.45, 7) is 2.91. The molecule has 0 bridgehead atoms. The van der Waals surface area contributed by atoms with Gasteiger partial charge >= 0.3 is 0 Å². The van der Waals surface area contributed by atoms with Gasteiger partial charge in [-0.3, -0.25) is 0 Å². The highest BCUT2D eigenvalue weighted by atomic mass is 79.9. The average Bonchev–Trinajstić information content (AvgIpc) is 1.98. The molecule has 1 rings (SSSR count). The highest BCUT2D eigenvalue weighted by Crippen LogP contribution is 2.22. The molecule has 0 saturated heterocycles. The van der Waals surface area contributed by atoms with Crippen LogP contribution in [0.4, 0.5) is 11.5 Å². The Labute approximate surface area is 74.1 Å². The van der Waals surface area contributed by atoms with Gasteiger partial charge in [-0.1, -0.05) is 0 Å². The van der Waals surface area contributed by atoms with E-state index in [9.17, 15) is 0 Å². The molecule has 0 spiro atoms. The number of nitrogens with zero attached hydrogens (tertiary/aromatic N) is 1. The van der Waals surface area contributed by atoms with E-state index in [0.29, 0.717) is 5.82 Å². The van der Waals surface area contributed by atoms with Crippen LogP contribution in [0.3, 0.4) is 0 Å². The summed E-state index contributed by atoms with van der Waals surface area (Å²) in [5.74, 6) is 0.532. The lowest BCUT2D eigenvalue weighted by atomic mass is 10.4. The summed E-state index contributed by atoms with van der Waals surface area (Å²) in [7, 11) is 0. The summed E-state index contributed by atoms with van der Waals surface area (Å²) >= 11 is 3.35. The van der Waals surface area contributed by atoms with Crippen molar-refractivity contribution < 1.29 is 0 Å². The van der Waals surface area contributed by atoms with Crippen molar-refractivity contribution in [1.29, 1.82) is 0 Å². The number of halogens is 1. The lowest BCUT2D eigenvalue weighted by Gasteiger charge is -2.05. The summed E-state index contributed by atoms with van der Waals surface area (Å²) in [5.41, 5.74) is 6.47. The predicted octanol–water partition coefficient (Wildman–Crippen LogP) is 1.86. The molecule has 4 heteroatoms. The van der Waals surface area contributed by atoms with E-state index in [1.54, 1.807) is 12.3 Å². The van der Waals surface area contributed by atoms with Crippen molar-refractivity contribution in [1.82, 2.24) is 4.98 Å². The second-order valence-corrected chi connectivity index (χ2v) is 2.97. The van der Waals surface area contributed by atoms with Crippen LogP contribution in [-0.4, -0.2) is 11.5 Å². The molecule has 60 valence electrons. The number of anilines is 2. The zero-order valence-electron chi connectivity index (χ0n) is 6.26. The van der Waals surface area contributed by atoms with Crippen LogP contribution in [0.1, 0.15) is 6.92 Å². The molecule has 0 amide bonds. The summed E-state index contributed by atoms with van der Waals surface area (Å²) in [4.78, 5) is 3.91. The molecule has 0 atom stereocenters. The zero-order valence-corrected chi connectivity index (χ0v) is 7.85. The highest BCUT2D eigenvalue weighted by molar-refractivity contribution is 9.10. The normalized spacial score (nSPS) is 9.64. The molecule has 0 aliphatic heterocycles. The summed E-state index contributed by atoms with van der Waals surface area (Å²) in [6, 6.07) is 1.80. The second kappa shape index (κ2) is 3.57. The van der Waals surface area contributed by atoms with Gasteiger partial charge in [-0.15, -0.1) is 0 Å². The van der Waals surface area contributed by atoms with Crippen molar-refractivity contribution >= 4 is 27.4 Å². The third-order valence-corrected chi connectivity index (χ3v) is 1.88. The van der Waals surface area contributed by atoms with Gasteiger partial charge in [-0.05, 0) is 22.9 Å². The van der Waals surface area contributed by atoms with Gasteiger partial charge in [0.2, 0.25) is 0 Å². The molecule has 0 unspecified atom stereocenters. The zero-order chi connectivity index (χ0) is 8.27. The van der Waals surface area contributed by atoms with Crippen LogP contribution >= 0.6 is 15.9 Å². The van der Waals surface area contributed by atoms with Gasteiger partial charge in [0.15, 0.2) is 0 Å². The first-order valence-electron chi connectivity index (χ1n) is 3.39. The fourth-order valence-corrected chi connectivity index (χ4v) is 1.14. The van der Waals surface area contributed by atoms with Gasteiger partial charge in [0.05, 0.1) is 10.2 Å². The Kier molecular flexibility index (Phi) is 2.70. The molecule has 3 nitrogen and oxygen atoms in total. The van der Waals surface area contributed by atoms with Crippen LogP contribution in [0.5, 0.6) is 0 Å². The topological polar surface area (TPSA) is 50.9 Å². The van der Waals surface area contributed by atoms with Crippen molar-refractivity contribution in [3.8, 4) is 0 Å². The van der Waals surface area contributed by atoms with Crippen LogP contribution in [0.25, 0.3) is 0 Å². The Morgan fingerprint density at radius 2 is 2.45 bits per heavy atom. The monoisotopic (exact) mass is 215 g/mol. The number of rotatable bonds is 2. The molecule has 1 aromatic rings. The fourth-order valence-electron chi connectivity index (χ4n) is 0.781. The van der Waals surface area contributed by atoms with Crippen LogP contribution in [0.15, 0.2) is 16.7 Å². The Bertz CT molecular complexity index is 249. The molecule has 0 aliphatic carbocycles. The Morgan fingerprint density at radius 3 is 3.09 bits per heavy atom. The summed E-state index contributed by atoms with van der Waals surface area (Å²) in [5, 5.41) is 3.15. The lowest BCUT2D eigenvalue weighted by molar-refractivity contribution is 1.19. The first-order valence-corrected chi connectivity index (χ1v) is 4.18. The van der Waals surface area contributed by atoms with Gasteiger partial charge in [0.25, 0.3) is 0 Å². The Hall–Kier alpha value is -0.770. The minimum atomic E-state index is 0.532. The standard InChI is InChI=1S/C7H10BrN3/c1-2-10-6-3-7(9)11-4-5(6)8/h3-4H,2H2,1H3,(H3,9,10,11). The van der Waals surface area contributed by atoms with E-state index in [1.165, 1.54) is 0 Å². The van der Waals surface area contributed by atoms with Crippen LogP contribution in [0.2, 0.25) is 0 Å². The van der Waals surface area contributed by atoms with Crippen LogP contribution < -0.4 is 11.1 Å². The van der Waals surface area contributed by atoms with Gasteiger partial charge < -0.3 is 11.1 Å².